The number of carbonyl (C=O) groups is 2. The highest BCUT2D eigenvalue weighted by Crippen LogP contribution is 2.40. The maximum absolute atomic E-state index is 12.7. The van der Waals surface area contributed by atoms with E-state index in [9.17, 15) is 9.59 Å². The van der Waals surface area contributed by atoms with Crippen molar-refractivity contribution < 1.29 is 9.59 Å². The summed E-state index contributed by atoms with van der Waals surface area (Å²) >= 11 is 1.03. The summed E-state index contributed by atoms with van der Waals surface area (Å²) in [5, 5.41) is -0.198. The molecule has 0 bridgehead atoms. The fraction of sp³-hybridized carbons (Fsp3) is 0.300. The number of thioether (sulfide) groups is 1. The molecular formula is C20H20N2O2S. The second-order valence-corrected chi connectivity index (χ2v) is 7.67. The van der Waals surface area contributed by atoms with E-state index in [0.717, 1.165) is 22.9 Å². The minimum atomic E-state index is -0.199. The Balaban J connectivity index is 1.59. The van der Waals surface area contributed by atoms with Crippen molar-refractivity contribution >= 4 is 29.0 Å². The van der Waals surface area contributed by atoms with Crippen molar-refractivity contribution in [1.29, 1.82) is 0 Å². The molecule has 1 saturated carbocycles. The number of nitrogens with zero attached hydrogens (tertiary/aromatic N) is 2. The van der Waals surface area contributed by atoms with Gasteiger partial charge in [-0.15, -0.1) is 0 Å². The van der Waals surface area contributed by atoms with Crippen LogP contribution in [-0.4, -0.2) is 20.6 Å². The lowest BCUT2D eigenvalue weighted by Crippen LogP contribution is -2.27. The number of carbonyl (C=O) groups excluding carboxylic acids is 2. The molecule has 0 atom stereocenters. The molecule has 0 radical (unpaired) electrons. The summed E-state index contributed by atoms with van der Waals surface area (Å²) in [6, 6.07) is 12.3. The second kappa shape index (κ2) is 6.23. The Labute approximate surface area is 151 Å². The average Bonchev–Trinajstić information content (AvgIpc) is 3.34. The molecule has 0 spiro atoms. The van der Waals surface area contributed by atoms with Crippen molar-refractivity contribution in [2.75, 3.05) is 0 Å². The lowest BCUT2D eigenvalue weighted by Gasteiger charge is -2.12. The summed E-state index contributed by atoms with van der Waals surface area (Å²) in [7, 11) is 0. The van der Waals surface area contributed by atoms with Crippen LogP contribution >= 0.6 is 11.8 Å². The van der Waals surface area contributed by atoms with Crippen molar-refractivity contribution in [1.82, 2.24) is 9.47 Å². The first-order chi connectivity index (χ1) is 12.0. The fourth-order valence-corrected chi connectivity index (χ4v) is 4.22. The molecular weight excluding hydrogens is 332 g/mol. The quantitative estimate of drug-likeness (QED) is 0.751. The highest BCUT2D eigenvalue weighted by atomic mass is 32.2. The molecule has 0 N–H and O–H groups in total. The smallest absolute Gasteiger partial charge is 0.293 e. The van der Waals surface area contributed by atoms with E-state index in [-0.39, 0.29) is 11.1 Å². The first-order valence-corrected chi connectivity index (χ1v) is 9.34. The normalized spacial score (nSPS) is 19.3. The highest BCUT2D eigenvalue weighted by Gasteiger charge is 2.35. The summed E-state index contributed by atoms with van der Waals surface area (Å²) in [4.78, 5) is 26.8. The minimum absolute atomic E-state index is 0.198. The molecule has 4 rings (SSSR count). The van der Waals surface area contributed by atoms with E-state index < -0.39 is 0 Å². The molecule has 5 heteroatoms. The standard InChI is InChI=1S/C20H20N2O2S/c1-13-10-16(14(2)22(13)17-8-9-17)11-18-19(23)21(20(24)25-18)12-15-6-4-3-5-7-15/h3-7,10-11,17H,8-9,12H2,1-2H3/b18-11-. The third-order valence-corrected chi connectivity index (χ3v) is 5.69. The number of hydrogen-bond acceptors (Lipinski definition) is 3. The van der Waals surface area contributed by atoms with Crippen molar-refractivity contribution in [3.63, 3.8) is 0 Å². The number of rotatable bonds is 4. The zero-order valence-electron chi connectivity index (χ0n) is 14.4. The van der Waals surface area contributed by atoms with Gasteiger partial charge < -0.3 is 4.57 Å². The molecule has 4 nitrogen and oxygen atoms in total. The van der Waals surface area contributed by atoms with Gasteiger partial charge in [0.25, 0.3) is 11.1 Å². The highest BCUT2D eigenvalue weighted by molar-refractivity contribution is 8.18. The molecule has 1 aromatic carbocycles. The summed E-state index contributed by atoms with van der Waals surface area (Å²) < 4.78 is 2.35. The van der Waals surface area contributed by atoms with E-state index in [4.69, 9.17) is 0 Å². The molecule has 1 aliphatic carbocycles. The summed E-state index contributed by atoms with van der Waals surface area (Å²) in [6.07, 6.45) is 4.32. The van der Waals surface area contributed by atoms with Gasteiger partial charge in [0.2, 0.25) is 0 Å². The van der Waals surface area contributed by atoms with Gasteiger partial charge in [0.15, 0.2) is 0 Å². The molecule has 2 aromatic rings. The Hall–Kier alpha value is -2.27. The Morgan fingerprint density at radius 1 is 1.16 bits per heavy atom. The zero-order valence-corrected chi connectivity index (χ0v) is 15.2. The van der Waals surface area contributed by atoms with Crippen LogP contribution in [0.1, 0.15) is 41.4 Å². The van der Waals surface area contributed by atoms with Crippen LogP contribution in [-0.2, 0) is 11.3 Å². The molecule has 2 amide bonds. The van der Waals surface area contributed by atoms with Gasteiger partial charge in [-0.3, -0.25) is 14.5 Å². The van der Waals surface area contributed by atoms with Gasteiger partial charge in [0, 0.05) is 17.4 Å². The topological polar surface area (TPSA) is 42.3 Å². The van der Waals surface area contributed by atoms with Gasteiger partial charge in [0.05, 0.1) is 11.4 Å². The molecule has 25 heavy (non-hydrogen) atoms. The van der Waals surface area contributed by atoms with Crippen LogP contribution < -0.4 is 0 Å². The summed E-state index contributed by atoms with van der Waals surface area (Å²) in [5.41, 5.74) is 4.39. The predicted molar refractivity (Wildman–Crippen MR) is 100 cm³/mol. The first kappa shape index (κ1) is 16.2. The van der Waals surface area contributed by atoms with Gasteiger partial charge in [0.1, 0.15) is 0 Å². The minimum Gasteiger partial charge on any atom is -0.346 e. The number of imide groups is 1. The van der Waals surface area contributed by atoms with E-state index in [1.54, 1.807) is 0 Å². The van der Waals surface area contributed by atoms with Crippen LogP contribution in [0.4, 0.5) is 4.79 Å². The van der Waals surface area contributed by atoms with Crippen LogP contribution in [0.15, 0.2) is 41.3 Å². The molecule has 2 aliphatic rings. The van der Waals surface area contributed by atoms with Crippen molar-refractivity contribution in [3.05, 3.63) is 63.8 Å². The lowest BCUT2D eigenvalue weighted by molar-refractivity contribution is -0.123. The third kappa shape index (κ3) is 3.04. The van der Waals surface area contributed by atoms with Crippen LogP contribution in [0.3, 0.4) is 0 Å². The molecule has 1 aromatic heterocycles. The van der Waals surface area contributed by atoms with E-state index in [2.05, 4.69) is 24.5 Å². The summed E-state index contributed by atoms with van der Waals surface area (Å²) in [6.45, 7) is 4.51. The van der Waals surface area contributed by atoms with E-state index in [1.807, 2.05) is 36.4 Å². The van der Waals surface area contributed by atoms with E-state index in [1.165, 1.54) is 29.1 Å². The van der Waals surface area contributed by atoms with Gasteiger partial charge >= 0.3 is 0 Å². The maximum atomic E-state index is 12.7. The fourth-order valence-electron chi connectivity index (χ4n) is 3.39. The molecule has 1 aliphatic heterocycles. The van der Waals surface area contributed by atoms with Crippen LogP contribution in [0.5, 0.6) is 0 Å². The van der Waals surface area contributed by atoms with Crippen molar-refractivity contribution in [3.8, 4) is 0 Å². The molecule has 1 saturated heterocycles. The predicted octanol–water partition coefficient (Wildman–Crippen LogP) is 4.68. The number of aromatic nitrogens is 1. The average molecular weight is 352 g/mol. The molecule has 0 unspecified atom stereocenters. The monoisotopic (exact) mass is 352 g/mol. The first-order valence-electron chi connectivity index (χ1n) is 8.52. The maximum Gasteiger partial charge on any atom is 0.293 e. The van der Waals surface area contributed by atoms with Gasteiger partial charge in [-0.2, -0.15) is 0 Å². The van der Waals surface area contributed by atoms with Crippen molar-refractivity contribution in [2.24, 2.45) is 0 Å². The van der Waals surface area contributed by atoms with Gasteiger partial charge in [-0.25, -0.2) is 0 Å². The number of hydrogen-bond donors (Lipinski definition) is 0. The van der Waals surface area contributed by atoms with Gasteiger partial charge in [-0.1, -0.05) is 30.3 Å². The Bertz CT molecular complexity index is 879. The number of aryl methyl sites for hydroxylation is 1. The van der Waals surface area contributed by atoms with Crippen molar-refractivity contribution in [2.45, 2.75) is 39.3 Å². The molecule has 2 heterocycles. The number of benzene rings is 1. The lowest BCUT2D eigenvalue weighted by atomic mass is 10.2. The Kier molecular flexibility index (Phi) is 4.04. The SMILES string of the molecule is Cc1cc(/C=C2\SC(=O)N(Cc3ccccc3)C2=O)c(C)n1C1CC1. The Morgan fingerprint density at radius 2 is 1.88 bits per heavy atom. The van der Waals surface area contributed by atoms with Crippen LogP contribution in [0.25, 0.3) is 6.08 Å². The Morgan fingerprint density at radius 3 is 2.56 bits per heavy atom. The van der Waals surface area contributed by atoms with E-state index in [0.29, 0.717) is 17.5 Å². The zero-order chi connectivity index (χ0) is 17.6. The van der Waals surface area contributed by atoms with Crippen LogP contribution in [0, 0.1) is 13.8 Å². The van der Waals surface area contributed by atoms with Gasteiger partial charge in [-0.05, 0) is 61.7 Å². The molecule has 128 valence electrons. The summed E-state index contributed by atoms with van der Waals surface area (Å²) in [5.74, 6) is -0.199. The molecule has 2 fully saturated rings. The van der Waals surface area contributed by atoms with Crippen LogP contribution in [0.2, 0.25) is 0 Å². The van der Waals surface area contributed by atoms with E-state index >= 15 is 0 Å². The third-order valence-electron chi connectivity index (χ3n) is 4.78. The second-order valence-electron chi connectivity index (χ2n) is 6.68. The largest absolute Gasteiger partial charge is 0.346 e. The number of amides is 2.